The van der Waals surface area contributed by atoms with E-state index in [9.17, 15) is 9.59 Å². The molecular formula is C19H27N3O2. The number of anilines is 1. The SMILES string of the molecule is Cc1ccc(C(N)=O)cc1NC(=O)N(CC1CC1)C1CCCCC1. The summed E-state index contributed by atoms with van der Waals surface area (Å²) in [4.78, 5) is 26.3. The molecule has 0 atom stereocenters. The predicted molar refractivity (Wildman–Crippen MR) is 95.0 cm³/mol. The fourth-order valence-corrected chi connectivity index (χ4v) is 3.47. The molecule has 2 aliphatic carbocycles. The molecule has 5 nitrogen and oxygen atoms in total. The number of aryl methyl sites for hydroxylation is 1. The molecule has 3 amide bonds. The number of carbonyl (C=O) groups excluding carboxylic acids is 2. The molecule has 2 aliphatic rings. The Balaban J connectivity index is 1.74. The Bertz CT molecular complexity index is 619. The minimum absolute atomic E-state index is 0.0430. The lowest BCUT2D eigenvalue weighted by Crippen LogP contribution is -2.45. The Labute approximate surface area is 143 Å². The van der Waals surface area contributed by atoms with Gasteiger partial charge in [0, 0.05) is 23.8 Å². The third-order valence-electron chi connectivity index (χ3n) is 5.19. The second-order valence-electron chi connectivity index (χ2n) is 7.21. The van der Waals surface area contributed by atoms with E-state index in [0.29, 0.717) is 23.2 Å². The first-order valence-electron chi connectivity index (χ1n) is 9.02. The van der Waals surface area contributed by atoms with Gasteiger partial charge in [-0.15, -0.1) is 0 Å². The Morgan fingerprint density at radius 2 is 1.88 bits per heavy atom. The highest BCUT2D eigenvalue weighted by Crippen LogP contribution is 2.33. The van der Waals surface area contributed by atoms with Crippen molar-refractivity contribution < 1.29 is 9.59 Å². The van der Waals surface area contributed by atoms with Crippen LogP contribution in [0.3, 0.4) is 0 Å². The molecule has 5 heteroatoms. The van der Waals surface area contributed by atoms with Gasteiger partial charge in [-0.25, -0.2) is 4.79 Å². The fourth-order valence-electron chi connectivity index (χ4n) is 3.47. The van der Waals surface area contributed by atoms with Crippen LogP contribution in [0.4, 0.5) is 10.5 Å². The quantitative estimate of drug-likeness (QED) is 0.865. The van der Waals surface area contributed by atoms with E-state index in [-0.39, 0.29) is 6.03 Å². The number of benzene rings is 1. The van der Waals surface area contributed by atoms with Crippen LogP contribution in [0, 0.1) is 12.8 Å². The second-order valence-corrected chi connectivity index (χ2v) is 7.21. The lowest BCUT2D eigenvalue weighted by atomic mass is 9.94. The summed E-state index contributed by atoms with van der Waals surface area (Å²) in [6, 6.07) is 5.49. The van der Waals surface area contributed by atoms with Crippen molar-refractivity contribution in [2.45, 2.75) is 57.9 Å². The maximum Gasteiger partial charge on any atom is 0.322 e. The topological polar surface area (TPSA) is 75.4 Å². The molecule has 0 saturated heterocycles. The predicted octanol–water partition coefficient (Wildman–Crippen LogP) is 3.67. The maximum absolute atomic E-state index is 12.9. The molecule has 2 fully saturated rings. The molecule has 2 saturated carbocycles. The van der Waals surface area contributed by atoms with E-state index < -0.39 is 5.91 Å². The Morgan fingerprint density at radius 3 is 2.50 bits per heavy atom. The van der Waals surface area contributed by atoms with Crippen LogP contribution in [0.5, 0.6) is 0 Å². The van der Waals surface area contributed by atoms with Crippen molar-refractivity contribution >= 4 is 17.6 Å². The van der Waals surface area contributed by atoms with Gasteiger partial charge < -0.3 is 16.0 Å². The fraction of sp³-hybridized carbons (Fsp3) is 0.579. The third kappa shape index (κ3) is 4.08. The van der Waals surface area contributed by atoms with Crippen molar-refractivity contribution in [2.24, 2.45) is 11.7 Å². The molecule has 0 unspecified atom stereocenters. The highest BCUT2D eigenvalue weighted by molar-refractivity contribution is 5.96. The molecule has 0 aromatic heterocycles. The van der Waals surface area contributed by atoms with Crippen LogP contribution < -0.4 is 11.1 Å². The van der Waals surface area contributed by atoms with Gasteiger partial charge in [-0.3, -0.25) is 4.79 Å². The number of nitrogens with zero attached hydrogens (tertiary/aromatic N) is 1. The average Bonchev–Trinajstić information content (AvgIpc) is 3.39. The highest BCUT2D eigenvalue weighted by Gasteiger charge is 2.32. The average molecular weight is 329 g/mol. The van der Waals surface area contributed by atoms with Crippen LogP contribution in [0.2, 0.25) is 0 Å². The van der Waals surface area contributed by atoms with Gasteiger partial charge in [0.05, 0.1) is 0 Å². The van der Waals surface area contributed by atoms with Gasteiger partial charge in [0.25, 0.3) is 0 Å². The van der Waals surface area contributed by atoms with Gasteiger partial charge in [0.15, 0.2) is 0 Å². The van der Waals surface area contributed by atoms with Crippen molar-refractivity contribution in [1.29, 1.82) is 0 Å². The van der Waals surface area contributed by atoms with E-state index >= 15 is 0 Å². The van der Waals surface area contributed by atoms with Gasteiger partial charge in [-0.2, -0.15) is 0 Å². The maximum atomic E-state index is 12.9. The van der Waals surface area contributed by atoms with Gasteiger partial charge >= 0.3 is 6.03 Å². The van der Waals surface area contributed by atoms with Crippen molar-refractivity contribution in [3.63, 3.8) is 0 Å². The molecule has 24 heavy (non-hydrogen) atoms. The number of carbonyl (C=O) groups is 2. The lowest BCUT2D eigenvalue weighted by Gasteiger charge is -2.34. The van der Waals surface area contributed by atoms with Crippen LogP contribution in [0.1, 0.15) is 60.9 Å². The monoisotopic (exact) mass is 329 g/mol. The van der Waals surface area contributed by atoms with Crippen molar-refractivity contribution in [1.82, 2.24) is 4.90 Å². The molecule has 3 N–H and O–H groups in total. The molecule has 0 bridgehead atoms. The molecule has 0 radical (unpaired) electrons. The summed E-state index contributed by atoms with van der Waals surface area (Å²) in [5.74, 6) is 0.184. The first-order chi connectivity index (χ1) is 11.5. The van der Waals surface area contributed by atoms with E-state index in [1.165, 1.54) is 32.1 Å². The summed E-state index contributed by atoms with van der Waals surface area (Å²) in [7, 11) is 0. The number of hydrogen-bond acceptors (Lipinski definition) is 2. The lowest BCUT2D eigenvalue weighted by molar-refractivity contribution is 0.1000. The molecule has 1 aromatic rings. The summed E-state index contributed by atoms with van der Waals surface area (Å²) >= 11 is 0. The van der Waals surface area contributed by atoms with E-state index in [4.69, 9.17) is 5.73 Å². The Morgan fingerprint density at radius 1 is 1.17 bits per heavy atom. The summed E-state index contributed by atoms with van der Waals surface area (Å²) in [5, 5.41) is 3.02. The van der Waals surface area contributed by atoms with Crippen molar-refractivity contribution in [3.8, 4) is 0 Å². The number of primary amides is 1. The van der Waals surface area contributed by atoms with E-state index in [2.05, 4.69) is 5.32 Å². The number of rotatable bonds is 5. The number of nitrogens with one attached hydrogen (secondary N) is 1. The smallest absolute Gasteiger partial charge is 0.322 e. The third-order valence-corrected chi connectivity index (χ3v) is 5.19. The molecular weight excluding hydrogens is 302 g/mol. The highest BCUT2D eigenvalue weighted by atomic mass is 16.2. The normalized spacial score (nSPS) is 18.2. The molecule has 1 aromatic carbocycles. The van der Waals surface area contributed by atoms with Crippen molar-refractivity contribution in [3.05, 3.63) is 29.3 Å². The van der Waals surface area contributed by atoms with Crippen LogP contribution in [0.25, 0.3) is 0 Å². The molecule has 0 aliphatic heterocycles. The summed E-state index contributed by atoms with van der Waals surface area (Å²) in [6.07, 6.45) is 8.33. The molecule has 0 heterocycles. The number of urea groups is 1. The zero-order chi connectivity index (χ0) is 17.1. The number of amides is 3. The minimum atomic E-state index is -0.479. The number of hydrogen-bond donors (Lipinski definition) is 2. The zero-order valence-corrected chi connectivity index (χ0v) is 14.4. The summed E-state index contributed by atoms with van der Waals surface area (Å²) in [5.41, 5.74) is 7.38. The zero-order valence-electron chi connectivity index (χ0n) is 14.4. The van der Waals surface area contributed by atoms with Crippen molar-refractivity contribution in [2.75, 3.05) is 11.9 Å². The van der Waals surface area contributed by atoms with Crippen LogP contribution in [0.15, 0.2) is 18.2 Å². The standard InChI is InChI=1S/C19H27N3O2/c1-13-7-10-15(18(20)23)11-17(13)21-19(24)22(12-14-8-9-14)16-5-3-2-4-6-16/h7,10-11,14,16H,2-6,8-9,12H2,1H3,(H2,20,23)(H,21,24). The van der Waals surface area contributed by atoms with Crippen LogP contribution >= 0.6 is 0 Å². The Kier molecular flexibility index (Phi) is 5.07. The van der Waals surface area contributed by atoms with Gasteiger partial charge in [0.1, 0.15) is 0 Å². The van der Waals surface area contributed by atoms with E-state index in [1.807, 2.05) is 17.9 Å². The minimum Gasteiger partial charge on any atom is -0.366 e. The number of nitrogens with two attached hydrogens (primary N) is 1. The van der Waals surface area contributed by atoms with Crippen LogP contribution in [-0.4, -0.2) is 29.4 Å². The summed E-state index contributed by atoms with van der Waals surface area (Å²) in [6.45, 7) is 2.78. The largest absolute Gasteiger partial charge is 0.366 e. The Hall–Kier alpha value is -2.04. The second kappa shape index (κ2) is 7.24. The first kappa shape index (κ1) is 16.8. The van der Waals surface area contributed by atoms with Gasteiger partial charge in [0.2, 0.25) is 5.91 Å². The molecule has 0 spiro atoms. The van der Waals surface area contributed by atoms with Gasteiger partial charge in [-0.1, -0.05) is 25.3 Å². The molecule has 3 rings (SSSR count). The van der Waals surface area contributed by atoms with Gasteiger partial charge in [-0.05, 0) is 56.2 Å². The first-order valence-corrected chi connectivity index (χ1v) is 9.02. The van der Waals surface area contributed by atoms with E-state index in [0.717, 1.165) is 24.9 Å². The molecule has 130 valence electrons. The summed E-state index contributed by atoms with van der Waals surface area (Å²) < 4.78 is 0. The van der Waals surface area contributed by atoms with Crippen LogP contribution in [-0.2, 0) is 0 Å². The van der Waals surface area contributed by atoms with E-state index in [1.54, 1.807) is 12.1 Å².